The standard InChI is InChI=1S/C12H14IN3/c1-7-4-8(2)6-10(5-7)16-12(14)11(13)9(3)15-16/h4-6H,14H2,1-3H3. The van der Waals surface area contributed by atoms with E-state index in [2.05, 4.69) is 59.7 Å². The number of rotatable bonds is 1. The number of aryl methyl sites for hydroxylation is 3. The second-order valence-corrected chi connectivity index (χ2v) is 5.12. The molecule has 0 fully saturated rings. The number of hydrogen-bond donors (Lipinski definition) is 1. The van der Waals surface area contributed by atoms with E-state index in [1.807, 2.05) is 6.92 Å². The normalized spacial score (nSPS) is 10.8. The monoisotopic (exact) mass is 327 g/mol. The predicted molar refractivity (Wildman–Crippen MR) is 74.9 cm³/mol. The molecule has 0 aliphatic rings. The maximum Gasteiger partial charge on any atom is 0.140 e. The van der Waals surface area contributed by atoms with Gasteiger partial charge in [-0.05, 0) is 66.6 Å². The predicted octanol–water partition coefficient (Wildman–Crippen LogP) is 2.98. The second-order valence-electron chi connectivity index (χ2n) is 4.04. The van der Waals surface area contributed by atoms with Crippen LogP contribution < -0.4 is 5.73 Å². The van der Waals surface area contributed by atoms with Crippen LogP contribution in [-0.2, 0) is 0 Å². The van der Waals surface area contributed by atoms with Gasteiger partial charge in [-0.15, -0.1) is 0 Å². The summed E-state index contributed by atoms with van der Waals surface area (Å²) in [5.41, 5.74) is 10.5. The smallest absolute Gasteiger partial charge is 0.140 e. The molecule has 0 bridgehead atoms. The molecular formula is C12H14IN3. The van der Waals surface area contributed by atoms with Crippen LogP contribution in [0.1, 0.15) is 16.8 Å². The van der Waals surface area contributed by atoms with Crippen LogP contribution in [-0.4, -0.2) is 9.78 Å². The van der Waals surface area contributed by atoms with Gasteiger partial charge in [-0.2, -0.15) is 5.10 Å². The summed E-state index contributed by atoms with van der Waals surface area (Å²) in [5.74, 6) is 0.711. The van der Waals surface area contributed by atoms with Gasteiger partial charge in [0, 0.05) is 0 Å². The molecule has 0 spiro atoms. The first-order valence-corrected chi connectivity index (χ1v) is 6.16. The van der Waals surface area contributed by atoms with Gasteiger partial charge >= 0.3 is 0 Å². The minimum Gasteiger partial charge on any atom is -0.383 e. The Morgan fingerprint density at radius 1 is 1.12 bits per heavy atom. The third-order valence-corrected chi connectivity index (χ3v) is 3.80. The van der Waals surface area contributed by atoms with Crippen molar-refractivity contribution in [2.24, 2.45) is 0 Å². The molecule has 84 valence electrons. The molecule has 1 aromatic heterocycles. The summed E-state index contributed by atoms with van der Waals surface area (Å²) in [7, 11) is 0. The highest BCUT2D eigenvalue weighted by molar-refractivity contribution is 14.1. The first-order valence-electron chi connectivity index (χ1n) is 5.08. The Morgan fingerprint density at radius 3 is 2.12 bits per heavy atom. The molecule has 2 rings (SSSR count). The van der Waals surface area contributed by atoms with Crippen LogP contribution in [0.3, 0.4) is 0 Å². The lowest BCUT2D eigenvalue weighted by molar-refractivity contribution is 0.869. The Labute approximate surface area is 109 Å². The summed E-state index contributed by atoms with van der Waals surface area (Å²) >= 11 is 2.23. The molecule has 3 nitrogen and oxygen atoms in total. The van der Waals surface area contributed by atoms with Crippen molar-refractivity contribution in [2.75, 3.05) is 5.73 Å². The third kappa shape index (κ3) is 1.93. The number of nitrogen functional groups attached to an aromatic ring is 1. The number of halogens is 1. The van der Waals surface area contributed by atoms with Crippen molar-refractivity contribution in [1.29, 1.82) is 0 Å². The summed E-state index contributed by atoms with van der Waals surface area (Å²) in [4.78, 5) is 0. The zero-order valence-electron chi connectivity index (χ0n) is 9.58. The van der Waals surface area contributed by atoms with Crippen LogP contribution in [0.4, 0.5) is 5.82 Å². The summed E-state index contributed by atoms with van der Waals surface area (Å²) in [5, 5.41) is 4.45. The summed E-state index contributed by atoms with van der Waals surface area (Å²) in [6.45, 7) is 6.12. The SMILES string of the molecule is Cc1cc(C)cc(-n2nc(C)c(I)c2N)c1. The maximum absolute atomic E-state index is 6.03. The number of nitrogens with zero attached hydrogens (tertiary/aromatic N) is 2. The minimum absolute atomic E-state index is 0.711. The van der Waals surface area contributed by atoms with Crippen LogP contribution in [0.5, 0.6) is 0 Å². The highest BCUT2D eigenvalue weighted by atomic mass is 127. The molecule has 1 heterocycles. The maximum atomic E-state index is 6.03. The van der Waals surface area contributed by atoms with Gasteiger partial charge in [-0.1, -0.05) is 6.07 Å². The summed E-state index contributed by atoms with van der Waals surface area (Å²) < 4.78 is 2.83. The Morgan fingerprint density at radius 2 is 1.69 bits per heavy atom. The van der Waals surface area contributed by atoms with Crippen LogP contribution >= 0.6 is 22.6 Å². The Hall–Kier alpha value is -1.04. The number of nitrogens with two attached hydrogens (primary N) is 1. The van der Waals surface area contributed by atoms with Crippen LogP contribution in [0, 0.1) is 24.3 Å². The molecule has 0 aliphatic heterocycles. The number of hydrogen-bond acceptors (Lipinski definition) is 2. The van der Waals surface area contributed by atoms with Crippen molar-refractivity contribution < 1.29 is 0 Å². The average molecular weight is 327 g/mol. The number of aromatic nitrogens is 2. The molecule has 1 aromatic carbocycles. The first kappa shape index (κ1) is 11.4. The van der Waals surface area contributed by atoms with Crippen molar-refractivity contribution in [3.63, 3.8) is 0 Å². The molecule has 16 heavy (non-hydrogen) atoms. The summed E-state index contributed by atoms with van der Waals surface area (Å²) in [6, 6.07) is 6.32. The van der Waals surface area contributed by atoms with Crippen molar-refractivity contribution in [3.05, 3.63) is 38.6 Å². The molecular weight excluding hydrogens is 313 g/mol. The van der Waals surface area contributed by atoms with E-state index in [-0.39, 0.29) is 0 Å². The van der Waals surface area contributed by atoms with Gasteiger partial charge in [0.2, 0.25) is 0 Å². The largest absolute Gasteiger partial charge is 0.383 e. The quantitative estimate of drug-likeness (QED) is 0.819. The van der Waals surface area contributed by atoms with Gasteiger partial charge in [-0.25, -0.2) is 4.68 Å². The van der Waals surface area contributed by atoms with Gasteiger partial charge in [0.25, 0.3) is 0 Å². The topological polar surface area (TPSA) is 43.8 Å². The van der Waals surface area contributed by atoms with Crippen molar-refractivity contribution in [3.8, 4) is 5.69 Å². The van der Waals surface area contributed by atoms with E-state index in [9.17, 15) is 0 Å². The van der Waals surface area contributed by atoms with Gasteiger partial charge in [0.05, 0.1) is 15.0 Å². The molecule has 0 amide bonds. The van der Waals surface area contributed by atoms with E-state index >= 15 is 0 Å². The lowest BCUT2D eigenvalue weighted by Crippen LogP contribution is -2.03. The number of anilines is 1. The Balaban J connectivity index is 2.62. The fourth-order valence-corrected chi connectivity index (χ4v) is 2.13. The van der Waals surface area contributed by atoms with E-state index in [0.717, 1.165) is 15.0 Å². The molecule has 0 radical (unpaired) electrons. The molecule has 0 saturated heterocycles. The fraction of sp³-hybridized carbons (Fsp3) is 0.250. The first-order chi connectivity index (χ1) is 7.49. The van der Waals surface area contributed by atoms with Crippen LogP contribution in [0.25, 0.3) is 5.69 Å². The average Bonchev–Trinajstić information content (AvgIpc) is 2.44. The van der Waals surface area contributed by atoms with Gasteiger partial charge in [0.15, 0.2) is 0 Å². The van der Waals surface area contributed by atoms with Crippen molar-refractivity contribution in [2.45, 2.75) is 20.8 Å². The summed E-state index contributed by atoms with van der Waals surface area (Å²) in [6.07, 6.45) is 0. The van der Waals surface area contributed by atoms with E-state index in [1.54, 1.807) is 4.68 Å². The molecule has 2 N–H and O–H groups in total. The molecule has 2 aromatic rings. The van der Waals surface area contributed by atoms with E-state index in [0.29, 0.717) is 5.82 Å². The minimum atomic E-state index is 0.711. The fourth-order valence-electron chi connectivity index (χ4n) is 1.80. The third-order valence-electron chi connectivity index (χ3n) is 2.47. The van der Waals surface area contributed by atoms with E-state index in [4.69, 9.17) is 5.73 Å². The van der Waals surface area contributed by atoms with E-state index in [1.165, 1.54) is 11.1 Å². The van der Waals surface area contributed by atoms with Crippen molar-refractivity contribution in [1.82, 2.24) is 9.78 Å². The number of benzene rings is 1. The molecule has 4 heteroatoms. The highest BCUT2D eigenvalue weighted by Crippen LogP contribution is 2.23. The molecule has 0 atom stereocenters. The lowest BCUT2D eigenvalue weighted by Gasteiger charge is -2.06. The van der Waals surface area contributed by atoms with Gasteiger partial charge in [0.1, 0.15) is 5.82 Å². The van der Waals surface area contributed by atoms with Gasteiger partial charge < -0.3 is 5.73 Å². The molecule has 0 aliphatic carbocycles. The lowest BCUT2D eigenvalue weighted by atomic mass is 10.1. The Bertz CT molecular complexity index is 523. The molecule has 0 unspecified atom stereocenters. The van der Waals surface area contributed by atoms with E-state index < -0.39 is 0 Å². The zero-order chi connectivity index (χ0) is 11.9. The molecule has 0 saturated carbocycles. The Kier molecular flexibility index (Phi) is 2.92. The van der Waals surface area contributed by atoms with Crippen molar-refractivity contribution >= 4 is 28.4 Å². The highest BCUT2D eigenvalue weighted by Gasteiger charge is 2.11. The van der Waals surface area contributed by atoms with Crippen LogP contribution in [0.15, 0.2) is 18.2 Å². The zero-order valence-corrected chi connectivity index (χ0v) is 11.7. The van der Waals surface area contributed by atoms with Crippen LogP contribution in [0.2, 0.25) is 0 Å². The second kappa shape index (κ2) is 4.08. The van der Waals surface area contributed by atoms with Gasteiger partial charge in [-0.3, -0.25) is 0 Å².